The first-order valence-electron chi connectivity index (χ1n) is 8.99. The van der Waals surface area contributed by atoms with Crippen LogP contribution in [0.5, 0.6) is 0 Å². The predicted octanol–water partition coefficient (Wildman–Crippen LogP) is 0.644. The largest absolute Gasteiger partial charge is 0.359 e. The van der Waals surface area contributed by atoms with Gasteiger partial charge in [0.05, 0.1) is 18.6 Å². The standard InChI is InChI=1S/C19H19N7O3/c1-24-17-16(18(28)25(2)19(24)29)26(11-21-17)15(27)10-20-14-9-8-13(22-23-14)12-6-4-3-5-7-12/h3-9,11,16-17H,10H2,1-2H3,(H,20,23). The smallest absolute Gasteiger partial charge is 0.328 e. The number of aliphatic imine (C=N–C) groups is 1. The number of anilines is 1. The number of carbonyl (C=O) groups excluding carboxylic acids is 3. The highest BCUT2D eigenvalue weighted by molar-refractivity contribution is 6.05. The highest BCUT2D eigenvalue weighted by atomic mass is 16.2. The van der Waals surface area contributed by atoms with Crippen LogP contribution in [0.1, 0.15) is 0 Å². The average molecular weight is 393 g/mol. The molecule has 3 heterocycles. The van der Waals surface area contributed by atoms with Crippen molar-refractivity contribution in [3.05, 3.63) is 42.5 Å². The summed E-state index contributed by atoms with van der Waals surface area (Å²) in [4.78, 5) is 44.9. The third kappa shape index (κ3) is 3.28. The van der Waals surface area contributed by atoms with Crippen LogP contribution < -0.4 is 5.32 Å². The van der Waals surface area contributed by atoms with Crippen molar-refractivity contribution in [2.75, 3.05) is 26.0 Å². The van der Waals surface area contributed by atoms with E-state index in [9.17, 15) is 14.4 Å². The van der Waals surface area contributed by atoms with Crippen molar-refractivity contribution in [1.29, 1.82) is 0 Å². The Morgan fingerprint density at radius 1 is 1.07 bits per heavy atom. The lowest BCUT2D eigenvalue weighted by atomic mass is 10.1. The van der Waals surface area contributed by atoms with E-state index in [1.165, 1.54) is 23.2 Å². The number of hydrogen-bond acceptors (Lipinski definition) is 7. The summed E-state index contributed by atoms with van der Waals surface area (Å²) in [6.07, 6.45) is 0.602. The van der Waals surface area contributed by atoms with Gasteiger partial charge in [0, 0.05) is 19.7 Å². The molecule has 0 spiro atoms. The molecule has 2 aliphatic heterocycles. The van der Waals surface area contributed by atoms with Crippen LogP contribution in [-0.2, 0) is 9.59 Å². The van der Waals surface area contributed by atoms with Crippen molar-refractivity contribution in [2.45, 2.75) is 12.2 Å². The number of rotatable bonds is 4. The summed E-state index contributed by atoms with van der Waals surface area (Å²) >= 11 is 0. The average Bonchev–Trinajstić information content (AvgIpc) is 3.21. The summed E-state index contributed by atoms with van der Waals surface area (Å²) in [6.45, 7) is -0.0940. The second kappa shape index (κ2) is 7.30. The number of amides is 4. The fraction of sp³-hybridized carbons (Fsp3) is 0.263. The lowest BCUT2D eigenvalue weighted by Gasteiger charge is -2.39. The molecule has 1 aromatic carbocycles. The van der Waals surface area contributed by atoms with Crippen LogP contribution in [0.2, 0.25) is 0 Å². The van der Waals surface area contributed by atoms with Gasteiger partial charge in [-0.2, -0.15) is 0 Å². The SMILES string of the molecule is CN1C(=O)C2C(N=CN2C(=O)CNc2ccc(-c3ccccc3)nn2)N(C)C1=O. The molecule has 148 valence electrons. The zero-order valence-corrected chi connectivity index (χ0v) is 15.9. The molecule has 1 aromatic heterocycles. The minimum absolute atomic E-state index is 0.0940. The molecule has 2 aliphatic rings. The van der Waals surface area contributed by atoms with E-state index in [-0.39, 0.29) is 12.5 Å². The summed E-state index contributed by atoms with van der Waals surface area (Å²) in [5, 5.41) is 11.2. The number of hydrogen-bond donors (Lipinski definition) is 1. The number of likely N-dealkylation sites (N-methyl/N-ethyl adjacent to an activating group) is 2. The molecule has 0 radical (unpaired) electrons. The third-order valence-electron chi connectivity index (χ3n) is 4.94. The van der Waals surface area contributed by atoms with Crippen LogP contribution in [-0.4, -0.2) is 81.9 Å². The molecule has 2 unspecified atom stereocenters. The lowest BCUT2D eigenvalue weighted by molar-refractivity contribution is -0.142. The monoisotopic (exact) mass is 393 g/mol. The van der Waals surface area contributed by atoms with Gasteiger partial charge in [-0.3, -0.25) is 19.4 Å². The summed E-state index contributed by atoms with van der Waals surface area (Å²) in [5.41, 5.74) is 1.67. The number of benzene rings is 1. The molecule has 4 rings (SSSR count). The van der Waals surface area contributed by atoms with Crippen LogP contribution in [0, 0.1) is 0 Å². The Morgan fingerprint density at radius 2 is 1.83 bits per heavy atom. The van der Waals surface area contributed by atoms with E-state index in [2.05, 4.69) is 20.5 Å². The van der Waals surface area contributed by atoms with Gasteiger partial charge in [0.2, 0.25) is 5.91 Å². The molecule has 2 aromatic rings. The van der Waals surface area contributed by atoms with Crippen molar-refractivity contribution >= 4 is 30.0 Å². The number of nitrogens with one attached hydrogen (secondary N) is 1. The fourth-order valence-corrected chi connectivity index (χ4v) is 3.30. The number of imide groups is 1. The van der Waals surface area contributed by atoms with E-state index >= 15 is 0 Å². The van der Waals surface area contributed by atoms with Crippen molar-refractivity contribution in [1.82, 2.24) is 24.9 Å². The Labute approximate surface area is 166 Å². The summed E-state index contributed by atoms with van der Waals surface area (Å²) in [6, 6.07) is 11.9. The van der Waals surface area contributed by atoms with Crippen LogP contribution in [0.15, 0.2) is 47.5 Å². The molecule has 2 atom stereocenters. The van der Waals surface area contributed by atoms with Gasteiger partial charge in [-0.1, -0.05) is 30.3 Å². The zero-order valence-electron chi connectivity index (χ0n) is 15.9. The topological polar surface area (TPSA) is 111 Å². The molecule has 0 aliphatic carbocycles. The van der Waals surface area contributed by atoms with Gasteiger partial charge in [-0.05, 0) is 12.1 Å². The maximum absolute atomic E-state index is 12.7. The van der Waals surface area contributed by atoms with E-state index in [1.54, 1.807) is 13.1 Å². The van der Waals surface area contributed by atoms with Gasteiger partial charge in [-0.25, -0.2) is 9.79 Å². The predicted molar refractivity (Wildman–Crippen MR) is 105 cm³/mol. The summed E-state index contributed by atoms with van der Waals surface area (Å²) < 4.78 is 0. The van der Waals surface area contributed by atoms with Crippen molar-refractivity contribution in [2.24, 2.45) is 4.99 Å². The number of urea groups is 1. The Hall–Kier alpha value is -3.82. The number of nitrogens with zero attached hydrogens (tertiary/aromatic N) is 6. The van der Waals surface area contributed by atoms with Crippen molar-refractivity contribution in [3.63, 3.8) is 0 Å². The minimum Gasteiger partial charge on any atom is -0.359 e. The Morgan fingerprint density at radius 3 is 2.52 bits per heavy atom. The highest BCUT2D eigenvalue weighted by Crippen LogP contribution is 2.24. The van der Waals surface area contributed by atoms with Gasteiger partial charge >= 0.3 is 6.03 Å². The van der Waals surface area contributed by atoms with Gasteiger partial charge in [0.15, 0.2) is 12.2 Å². The maximum Gasteiger partial charge on any atom is 0.328 e. The van der Waals surface area contributed by atoms with Gasteiger partial charge < -0.3 is 10.2 Å². The molecule has 1 saturated heterocycles. The first-order valence-corrected chi connectivity index (χ1v) is 8.99. The van der Waals surface area contributed by atoms with E-state index in [4.69, 9.17) is 0 Å². The third-order valence-corrected chi connectivity index (χ3v) is 4.94. The molecular formula is C19H19N7O3. The highest BCUT2D eigenvalue weighted by Gasteiger charge is 2.50. The first-order chi connectivity index (χ1) is 14.0. The van der Waals surface area contributed by atoms with Gasteiger partial charge in [0.1, 0.15) is 5.82 Å². The van der Waals surface area contributed by atoms with Crippen molar-refractivity contribution < 1.29 is 14.4 Å². The van der Waals surface area contributed by atoms with E-state index in [0.29, 0.717) is 5.82 Å². The Balaban J connectivity index is 1.41. The zero-order chi connectivity index (χ0) is 20.5. The van der Waals surface area contributed by atoms with Crippen LogP contribution >= 0.6 is 0 Å². The first kappa shape index (κ1) is 18.5. The molecule has 4 amide bonds. The normalized spacial score (nSPS) is 20.8. The van der Waals surface area contributed by atoms with Crippen LogP contribution in [0.3, 0.4) is 0 Å². The second-order valence-corrected chi connectivity index (χ2v) is 6.74. The second-order valence-electron chi connectivity index (χ2n) is 6.74. The number of fused-ring (bicyclic) bond motifs is 1. The molecule has 10 heteroatoms. The molecule has 10 nitrogen and oxygen atoms in total. The molecule has 0 bridgehead atoms. The molecule has 1 fully saturated rings. The van der Waals surface area contributed by atoms with Crippen LogP contribution in [0.4, 0.5) is 10.6 Å². The maximum atomic E-state index is 12.7. The van der Waals surface area contributed by atoms with E-state index < -0.39 is 24.1 Å². The van der Waals surface area contributed by atoms with E-state index in [0.717, 1.165) is 16.2 Å². The van der Waals surface area contributed by atoms with E-state index in [1.807, 2.05) is 36.4 Å². The van der Waals surface area contributed by atoms with Crippen LogP contribution in [0.25, 0.3) is 11.3 Å². The Bertz CT molecular complexity index is 977. The number of carbonyl (C=O) groups is 3. The fourth-order valence-electron chi connectivity index (χ4n) is 3.30. The summed E-state index contributed by atoms with van der Waals surface area (Å²) in [7, 11) is 2.94. The number of aromatic nitrogens is 2. The minimum atomic E-state index is -0.858. The van der Waals surface area contributed by atoms with Gasteiger partial charge in [0.25, 0.3) is 5.91 Å². The lowest BCUT2D eigenvalue weighted by Crippen LogP contribution is -2.64. The Kier molecular flexibility index (Phi) is 4.67. The summed E-state index contributed by atoms with van der Waals surface area (Å²) in [5.74, 6) is -0.388. The molecule has 1 N–H and O–H groups in total. The molecular weight excluding hydrogens is 374 g/mol. The molecule has 29 heavy (non-hydrogen) atoms. The quantitative estimate of drug-likeness (QED) is 0.816. The van der Waals surface area contributed by atoms with Gasteiger partial charge in [-0.15, -0.1) is 10.2 Å². The molecule has 0 saturated carbocycles. The van der Waals surface area contributed by atoms with Crippen molar-refractivity contribution in [3.8, 4) is 11.3 Å².